The molecule has 0 spiro atoms. The van der Waals surface area contributed by atoms with E-state index in [1.165, 1.54) is 19.3 Å². The highest BCUT2D eigenvalue weighted by Gasteiger charge is 2.12. The number of hydrogen-bond donors (Lipinski definition) is 3. The van der Waals surface area contributed by atoms with Crippen LogP contribution >= 0.6 is 0 Å². The van der Waals surface area contributed by atoms with Gasteiger partial charge in [-0.1, -0.05) is 19.8 Å². The van der Waals surface area contributed by atoms with E-state index in [1.54, 1.807) is 6.20 Å². The van der Waals surface area contributed by atoms with Gasteiger partial charge in [0, 0.05) is 38.5 Å². The fraction of sp³-hybridized carbons (Fsp3) is 0.400. The first-order valence-electron chi connectivity index (χ1n) is 9.50. The first kappa shape index (κ1) is 21.3. The Balaban J connectivity index is 0.000000409. The number of nitrogens with zero attached hydrogens (tertiary/aromatic N) is 5. The van der Waals surface area contributed by atoms with Gasteiger partial charge >= 0.3 is 0 Å². The minimum Gasteiger partial charge on any atom is -0.372 e. The van der Waals surface area contributed by atoms with Crippen molar-refractivity contribution in [1.82, 2.24) is 25.4 Å². The summed E-state index contributed by atoms with van der Waals surface area (Å²) in [6, 6.07) is 7.75. The monoisotopic (exact) mass is 382 g/mol. The number of nitrogens with one attached hydrogen (secondary N) is 2. The van der Waals surface area contributed by atoms with Crippen molar-refractivity contribution < 1.29 is 0 Å². The lowest BCUT2D eigenvalue weighted by Crippen LogP contribution is -2.12. The summed E-state index contributed by atoms with van der Waals surface area (Å²) in [5.41, 5.74) is 8.75. The molecule has 0 radical (unpaired) electrons. The minimum absolute atomic E-state index is 0.728. The lowest BCUT2D eigenvalue weighted by Gasteiger charge is -2.16. The van der Waals surface area contributed by atoms with Gasteiger partial charge in [-0.05, 0) is 37.2 Å². The second kappa shape index (κ2) is 11.0. The van der Waals surface area contributed by atoms with Crippen LogP contribution in [-0.4, -0.2) is 53.1 Å². The molecule has 0 atom stereocenters. The predicted octanol–water partition coefficient (Wildman–Crippen LogP) is 3.17. The Morgan fingerprint density at radius 1 is 1.07 bits per heavy atom. The zero-order valence-electron chi connectivity index (χ0n) is 17.1. The molecular formula is C20H30N8. The van der Waals surface area contributed by atoms with Crippen molar-refractivity contribution in [3.63, 3.8) is 0 Å². The Kier molecular flexibility index (Phi) is 8.36. The van der Waals surface area contributed by atoms with Crippen molar-refractivity contribution in [2.24, 2.45) is 5.73 Å². The zero-order valence-corrected chi connectivity index (χ0v) is 17.1. The lowest BCUT2D eigenvalue weighted by molar-refractivity contribution is 0.727. The van der Waals surface area contributed by atoms with Crippen LogP contribution in [0, 0.1) is 0 Å². The molecule has 0 aliphatic heterocycles. The van der Waals surface area contributed by atoms with E-state index in [4.69, 9.17) is 10.7 Å². The van der Waals surface area contributed by atoms with E-state index in [-0.39, 0.29) is 0 Å². The predicted molar refractivity (Wildman–Crippen MR) is 115 cm³/mol. The maximum Gasteiger partial charge on any atom is 0.148 e. The highest BCUT2D eigenvalue weighted by Crippen LogP contribution is 2.30. The van der Waals surface area contributed by atoms with Crippen LogP contribution in [0.15, 0.2) is 36.7 Å². The molecule has 4 N–H and O–H groups in total. The molecule has 0 aliphatic rings. The number of H-pyrrole nitrogens is 1. The second-order valence-corrected chi connectivity index (χ2v) is 6.50. The third-order valence-corrected chi connectivity index (χ3v) is 4.10. The Hall–Kier alpha value is -3.00. The average molecular weight is 383 g/mol. The first-order chi connectivity index (χ1) is 13.6. The van der Waals surface area contributed by atoms with Gasteiger partial charge in [0.15, 0.2) is 0 Å². The molecule has 8 heteroatoms. The molecule has 0 saturated carbocycles. The van der Waals surface area contributed by atoms with Crippen molar-refractivity contribution in [3.05, 3.63) is 36.7 Å². The number of aromatic amines is 1. The fourth-order valence-corrected chi connectivity index (χ4v) is 2.55. The van der Waals surface area contributed by atoms with Gasteiger partial charge < -0.3 is 16.0 Å². The number of rotatable bonds is 7. The Morgan fingerprint density at radius 3 is 2.36 bits per heavy atom. The van der Waals surface area contributed by atoms with Crippen LogP contribution in [0.25, 0.3) is 22.5 Å². The van der Waals surface area contributed by atoms with Crippen LogP contribution in [0.3, 0.4) is 0 Å². The van der Waals surface area contributed by atoms with E-state index < -0.39 is 0 Å². The van der Waals surface area contributed by atoms with E-state index in [9.17, 15) is 0 Å². The number of nitrogens with two attached hydrogens (primary N) is 1. The number of aromatic nitrogens is 5. The highest BCUT2D eigenvalue weighted by atomic mass is 15.2. The largest absolute Gasteiger partial charge is 0.372 e. The van der Waals surface area contributed by atoms with Crippen LogP contribution in [0.1, 0.15) is 26.2 Å². The van der Waals surface area contributed by atoms with Gasteiger partial charge in [0.2, 0.25) is 0 Å². The molecule has 0 saturated heterocycles. The van der Waals surface area contributed by atoms with Crippen molar-refractivity contribution in [2.45, 2.75) is 26.2 Å². The van der Waals surface area contributed by atoms with Gasteiger partial charge in [-0.2, -0.15) is 5.10 Å². The Labute approximate surface area is 166 Å². The molecule has 3 aromatic heterocycles. The third kappa shape index (κ3) is 5.75. The van der Waals surface area contributed by atoms with Crippen LogP contribution in [0.4, 0.5) is 11.6 Å². The standard InChI is InChI=1S/C15H17N7.C5H13N/c1-16-14-7-6-13(20-21-14)12-5-4-11(10-8-17-18-9-10)15(19-12)22(2)3;1-2-3-4-5-6/h4-9H,1-3H3,(H,16,21)(H,17,18);2-6H2,1H3. The molecule has 0 fully saturated rings. The number of anilines is 2. The van der Waals surface area contributed by atoms with Gasteiger partial charge in [0.1, 0.15) is 17.3 Å². The summed E-state index contributed by atoms with van der Waals surface area (Å²) in [4.78, 5) is 6.69. The summed E-state index contributed by atoms with van der Waals surface area (Å²) in [6.07, 6.45) is 7.39. The first-order valence-corrected chi connectivity index (χ1v) is 9.50. The summed E-state index contributed by atoms with van der Waals surface area (Å²) < 4.78 is 0. The van der Waals surface area contributed by atoms with E-state index >= 15 is 0 Å². The number of unbranched alkanes of at least 4 members (excludes halogenated alkanes) is 2. The molecule has 28 heavy (non-hydrogen) atoms. The van der Waals surface area contributed by atoms with Crippen LogP contribution < -0.4 is 16.0 Å². The van der Waals surface area contributed by atoms with Crippen LogP contribution in [0.5, 0.6) is 0 Å². The molecule has 8 nitrogen and oxygen atoms in total. The van der Waals surface area contributed by atoms with Gasteiger partial charge in [-0.25, -0.2) is 4.98 Å². The summed E-state index contributed by atoms with van der Waals surface area (Å²) in [6.45, 7) is 3.03. The summed E-state index contributed by atoms with van der Waals surface area (Å²) in [5, 5.41) is 18.1. The van der Waals surface area contributed by atoms with Gasteiger partial charge in [-0.3, -0.25) is 5.10 Å². The fourth-order valence-electron chi connectivity index (χ4n) is 2.55. The van der Waals surface area contributed by atoms with E-state index in [1.807, 2.05) is 56.5 Å². The van der Waals surface area contributed by atoms with Gasteiger partial charge in [0.05, 0.1) is 11.9 Å². The maximum atomic E-state index is 5.21. The molecule has 0 bridgehead atoms. The van der Waals surface area contributed by atoms with Gasteiger partial charge in [0.25, 0.3) is 0 Å². The Morgan fingerprint density at radius 2 is 1.86 bits per heavy atom. The number of hydrogen-bond acceptors (Lipinski definition) is 7. The Bertz CT molecular complexity index is 809. The average Bonchev–Trinajstić information content (AvgIpc) is 3.27. The molecule has 0 aliphatic carbocycles. The molecule has 0 amide bonds. The molecule has 3 rings (SSSR count). The summed E-state index contributed by atoms with van der Waals surface area (Å²) in [7, 11) is 5.74. The van der Waals surface area contributed by atoms with Crippen LogP contribution in [0.2, 0.25) is 0 Å². The lowest BCUT2D eigenvalue weighted by atomic mass is 10.1. The second-order valence-electron chi connectivity index (χ2n) is 6.50. The molecule has 3 aromatic rings. The normalized spacial score (nSPS) is 10.2. The molecule has 3 heterocycles. The smallest absolute Gasteiger partial charge is 0.148 e. The molecule has 0 aromatic carbocycles. The van der Waals surface area contributed by atoms with E-state index in [2.05, 4.69) is 32.6 Å². The SMILES string of the molecule is CCCCCN.CNc1ccc(-c2ccc(-c3cn[nH]c3)c(N(C)C)n2)nn1. The highest BCUT2D eigenvalue weighted by molar-refractivity contribution is 5.77. The third-order valence-electron chi connectivity index (χ3n) is 4.10. The molecule has 0 unspecified atom stereocenters. The topological polar surface area (TPSA) is 109 Å². The van der Waals surface area contributed by atoms with Crippen molar-refractivity contribution in [3.8, 4) is 22.5 Å². The van der Waals surface area contributed by atoms with Gasteiger partial charge in [-0.15, -0.1) is 10.2 Å². The molecular weight excluding hydrogens is 352 g/mol. The van der Waals surface area contributed by atoms with E-state index in [0.717, 1.165) is 40.7 Å². The maximum absolute atomic E-state index is 5.21. The summed E-state index contributed by atoms with van der Waals surface area (Å²) in [5.74, 6) is 1.59. The minimum atomic E-state index is 0.728. The molecule has 150 valence electrons. The summed E-state index contributed by atoms with van der Waals surface area (Å²) >= 11 is 0. The number of pyridine rings is 1. The van der Waals surface area contributed by atoms with Crippen LogP contribution in [-0.2, 0) is 0 Å². The zero-order chi connectivity index (χ0) is 20.4. The van der Waals surface area contributed by atoms with Crippen molar-refractivity contribution in [1.29, 1.82) is 0 Å². The van der Waals surface area contributed by atoms with E-state index in [0.29, 0.717) is 0 Å². The van der Waals surface area contributed by atoms with Crippen molar-refractivity contribution >= 4 is 11.6 Å². The quantitative estimate of drug-likeness (QED) is 0.539. The van der Waals surface area contributed by atoms with Crippen molar-refractivity contribution in [2.75, 3.05) is 37.9 Å².